The zero-order valence-corrected chi connectivity index (χ0v) is 12.8. The first kappa shape index (κ1) is 15.7. The van der Waals surface area contributed by atoms with E-state index < -0.39 is 0 Å². The van der Waals surface area contributed by atoms with Crippen LogP contribution in [-0.4, -0.2) is 67.6 Å². The summed E-state index contributed by atoms with van der Waals surface area (Å²) in [6.07, 6.45) is 4.09. The van der Waals surface area contributed by atoms with Crippen molar-refractivity contribution in [2.75, 3.05) is 45.8 Å². The summed E-state index contributed by atoms with van der Waals surface area (Å²) in [5.74, 6) is 0.695. The van der Waals surface area contributed by atoms with Crippen molar-refractivity contribution in [1.82, 2.24) is 15.1 Å². The average Bonchev–Trinajstić information content (AvgIpc) is 2.92. The third-order valence-electron chi connectivity index (χ3n) is 4.88. The second-order valence-corrected chi connectivity index (χ2v) is 6.13. The van der Waals surface area contributed by atoms with Gasteiger partial charge in [0.15, 0.2) is 0 Å². The van der Waals surface area contributed by atoms with E-state index in [1.54, 1.807) is 0 Å². The Morgan fingerprint density at radius 1 is 1.20 bits per heavy atom. The van der Waals surface area contributed by atoms with E-state index in [2.05, 4.69) is 22.0 Å². The number of carbonyl (C=O) groups excluding carboxylic acids is 1. The quantitative estimate of drug-likeness (QED) is 0.733. The predicted molar refractivity (Wildman–Crippen MR) is 81.5 cm³/mol. The zero-order chi connectivity index (χ0) is 14.4. The van der Waals surface area contributed by atoms with Crippen molar-refractivity contribution in [3.8, 4) is 0 Å². The normalized spacial score (nSPS) is 28.7. The summed E-state index contributed by atoms with van der Waals surface area (Å²) in [6, 6.07) is 0.324. The van der Waals surface area contributed by atoms with Crippen LogP contribution in [0.3, 0.4) is 0 Å². The van der Waals surface area contributed by atoms with Crippen molar-refractivity contribution in [3.63, 3.8) is 0 Å². The molecule has 0 aromatic carbocycles. The van der Waals surface area contributed by atoms with Gasteiger partial charge in [0, 0.05) is 45.2 Å². The monoisotopic (exact) mass is 282 g/mol. The second kappa shape index (κ2) is 7.96. The lowest BCUT2D eigenvalue weighted by atomic mass is 10.0. The molecule has 0 aromatic rings. The number of nitrogens with two attached hydrogens (primary N) is 1. The highest BCUT2D eigenvalue weighted by Crippen LogP contribution is 2.24. The summed E-state index contributed by atoms with van der Waals surface area (Å²) < 4.78 is 0. The first-order valence-corrected chi connectivity index (χ1v) is 8.17. The number of nitrogens with zero attached hydrogens (tertiary/aromatic N) is 2. The van der Waals surface area contributed by atoms with Crippen LogP contribution in [-0.2, 0) is 4.79 Å². The van der Waals surface area contributed by atoms with Gasteiger partial charge >= 0.3 is 0 Å². The fourth-order valence-corrected chi connectivity index (χ4v) is 3.38. The molecule has 3 N–H and O–H groups in total. The molecule has 0 bridgehead atoms. The SMILES string of the molecule is CCN1CCN(CCC(=O)NC2CCCC2CN)CC1. The molecule has 1 saturated heterocycles. The van der Waals surface area contributed by atoms with Gasteiger partial charge in [0.25, 0.3) is 0 Å². The molecular weight excluding hydrogens is 252 g/mol. The molecule has 1 heterocycles. The van der Waals surface area contributed by atoms with Crippen LogP contribution < -0.4 is 11.1 Å². The fraction of sp³-hybridized carbons (Fsp3) is 0.933. The molecule has 1 amide bonds. The number of amides is 1. The standard InChI is InChI=1S/C15H30N4O/c1-2-18-8-10-19(11-9-18)7-6-15(20)17-14-5-3-4-13(14)12-16/h13-14H,2-12,16H2,1H3,(H,17,20). The highest BCUT2D eigenvalue weighted by molar-refractivity contribution is 5.76. The topological polar surface area (TPSA) is 61.6 Å². The smallest absolute Gasteiger partial charge is 0.221 e. The van der Waals surface area contributed by atoms with Crippen LogP contribution in [0, 0.1) is 5.92 Å². The second-order valence-electron chi connectivity index (χ2n) is 6.13. The van der Waals surface area contributed by atoms with Gasteiger partial charge < -0.3 is 20.9 Å². The van der Waals surface area contributed by atoms with Gasteiger partial charge in [-0.05, 0) is 31.8 Å². The number of piperazine rings is 1. The van der Waals surface area contributed by atoms with E-state index in [1.165, 1.54) is 12.8 Å². The van der Waals surface area contributed by atoms with Crippen molar-refractivity contribution in [2.24, 2.45) is 11.7 Å². The summed E-state index contributed by atoms with van der Waals surface area (Å²) in [7, 11) is 0. The Labute approximate surface area is 122 Å². The van der Waals surface area contributed by atoms with Gasteiger partial charge in [0.05, 0.1) is 0 Å². The summed E-state index contributed by atoms with van der Waals surface area (Å²) in [5.41, 5.74) is 5.75. The van der Waals surface area contributed by atoms with Gasteiger partial charge in [-0.1, -0.05) is 13.3 Å². The van der Waals surface area contributed by atoms with Gasteiger partial charge in [-0.25, -0.2) is 0 Å². The van der Waals surface area contributed by atoms with E-state index in [9.17, 15) is 4.79 Å². The van der Waals surface area contributed by atoms with Crippen molar-refractivity contribution >= 4 is 5.91 Å². The highest BCUT2D eigenvalue weighted by Gasteiger charge is 2.27. The molecule has 2 rings (SSSR count). The average molecular weight is 282 g/mol. The lowest BCUT2D eigenvalue weighted by Gasteiger charge is -2.33. The molecule has 5 heteroatoms. The maximum absolute atomic E-state index is 12.0. The number of nitrogens with one attached hydrogen (secondary N) is 1. The third kappa shape index (κ3) is 4.43. The molecule has 2 fully saturated rings. The van der Waals surface area contributed by atoms with Gasteiger partial charge in [0.1, 0.15) is 0 Å². The number of rotatable bonds is 6. The Balaban J connectivity index is 1.63. The van der Waals surface area contributed by atoms with Gasteiger partial charge in [-0.15, -0.1) is 0 Å². The van der Waals surface area contributed by atoms with E-state index >= 15 is 0 Å². The molecule has 2 unspecified atom stereocenters. The molecule has 0 aromatic heterocycles. The van der Waals surface area contributed by atoms with Crippen LogP contribution >= 0.6 is 0 Å². The molecule has 20 heavy (non-hydrogen) atoms. The van der Waals surface area contributed by atoms with Gasteiger partial charge in [-0.2, -0.15) is 0 Å². The van der Waals surface area contributed by atoms with Crippen LogP contribution in [0.2, 0.25) is 0 Å². The minimum Gasteiger partial charge on any atom is -0.353 e. The molecule has 2 aliphatic rings. The Bertz CT molecular complexity index is 302. The Morgan fingerprint density at radius 3 is 2.55 bits per heavy atom. The Kier molecular flexibility index (Phi) is 6.26. The molecule has 1 aliphatic carbocycles. The molecule has 116 valence electrons. The maximum Gasteiger partial charge on any atom is 0.221 e. The fourth-order valence-electron chi connectivity index (χ4n) is 3.38. The van der Waals surface area contributed by atoms with Crippen molar-refractivity contribution in [2.45, 2.75) is 38.6 Å². The number of hydrogen-bond donors (Lipinski definition) is 2. The first-order valence-electron chi connectivity index (χ1n) is 8.17. The van der Waals surface area contributed by atoms with E-state index in [4.69, 9.17) is 5.73 Å². The van der Waals surface area contributed by atoms with Crippen LogP contribution in [0.1, 0.15) is 32.6 Å². The molecular formula is C15H30N4O. The zero-order valence-electron chi connectivity index (χ0n) is 12.8. The molecule has 0 radical (unpaired) electrons. The summed E-state index contributed by atoms with van der Waals surface area (Å²) in [6.45, 7) is 9.39. The van der Waals surface area contributed by atoms with Gasteiger partial charge in [-0.3, -0.25) is 4.79 Å². The summed E-state index contributed by atoms with van der Waals surface area (Å²) in [5, 5.41) is 3.18. The highest BCUT2D eigenvalue weighted by atomic mass is 16.1. The summed E-state index contributed by atoms with van der Waals surface area (Å²) in [4.78, 5) is 16.9. The molecule has 1 aliphatic heterocycles. The molecule has 2 atom stereocenters. The van der Waals surface area contributed by atoms with Crippen LogP contribution in [0.25, 0.3) is 0 Å². The largest absolute Gasteiger partial charge is 0.353 e. The van der Waals surface area contributed by atoms with E-state index in [0.717, 1.165) is 45.7 Å². The predicted octanol–water partition coefficient (Wildman–Crippen LogP) is 0.258. The van der Waals surface area contributed by atoms with Crippen molar-refractivity contribution in [1.29, 1.82) is 0 Å². The first-order chi connectivity index (χ1) is 9.72. The lowest BCUT2D eigenvalue weighted by molar-refractivity contribution is -0.122. The number of likely N-dealkylation sites (N-methyl/N-ethyl adjacent to an activating group) is 1. The van der Waals surface area contributed by atoms with Crippen LogP contribution in [0.15, 0.2) is 0 Å². The van der Waals surface area contributed by atoms with E-state index in [1.807, 2.05) is 0 Å². The Morgan fingerprint density at radius 2 is 1.90 bits per heavy atom. The number of carbonyl (C=O) groups is 1. The molecule has 0 spiro atoms. The van der Waals surface area contributed by atoms with E-state index in [0.29, 0.717) is 24.9 Å². The number of hydrogen-bond acceptors (Lipinski definition) is 4. The van der Waals surface area contributed by atoms with Crippen molar-refractivity contribution in [3.05, 3.63) is 0 Å². The van der Waals surface area contributed by atoms with Crippen LogP contribution in [0.4, 0.5) is 0 Å². The minimum absolute atomic E-state index is 0.202. The lowest BCUT2D eigenvalue weighted by Crippen LogP contribution is -2.47. The summed E-state index contributed by atoms with van der Waals surface area (Å²) >= 11 is 0. The Hall–Kier alpha value is -0.650. The minimum atomic E-state index is 0.202. The van der Waals surface area contributed by atoms with E-state index in [-0.39, 0.29) is 5.91 Å². The molecule has 5 nitrogen and oxygen atoms in total. The van der Waals surface area contributed by atoms with Crippen molar-refractivity contribution < 1.29 is 4.79 Å². The maximum atomic E-state index is 12.0. The third-order valence-corrected chi connectivity index (χ3v) is 4.88. The molecule has 1 saturated carbocycles. The van der Waals surface area contributed by atoms with Gasteiger partial charge in [0.2, 0.25) is 5.91 Å². The van der Waals surface area contributed by atoms with Crippen LogP contribution in [0.5, 0.6) is 0 Å².